The molecule has 1 aliphatic heterocycles. The van der Waals surface area contributed by atoms with Gasteiger partial charge in [-0.1, -0.05) is 0 Å². The first kappa shape index (κ1) is 13.5. The maximum Gasteiger partial charge on any atom is 0.224 e. The molecule has 2 heterocycles. The molecule has 0 radical (unpaired) electrons. The highest BCUT2D eigenvalue weighted by atomic mass is 16.2. The molecule has 0 spiro atoms. The number of likely N-dealkylation sites (tertiary alicyclic amines) is 1. The summed E-state index contributed by atoms with van der Waals surface area (Å²) in [6.45, 7) is 3.44. The van der Waals surface area contributed by atoms with Crippen molar-refractivity contribution in [3.05, 3.63) is 11.6 Å². The van der Waals surface area contributed by atoms with Gasteiger partial charge in [-0.2, -0.15) is 5.10 Å². The minimum atomic E-state index is -0.0761. The number of piperidine rings is 1. The van der Waals surface area contributed by atoms with Crippen molar-refractivity contribution in [2.75, 3.05) is 13.1 Å². The number of aromatic nitrogens is 3. The molecule has 3 N–H and O–H groups in total. The molecular weight excluding hydrogens is 254 g/mol. The fraction of sp³-hybridized carbons (Fsp3) is 0.786. The van der Waals surface area contributed by atoms with Crippen LogP contribution in [-0.4, -0.2) is 45.1 Å². The average Bonchev–Trinajstić information content (AvgIpc) is 3.16. The van der Waals surface area contributed by atoms with E-state index in [1.165, 1.54) is 12.8 Å². The third-order valence-corrected chi connectivity index (χ3v) is 4.12. The first-order valence-corrected chi connectivity index (χ1v) is 7.59. The summed E-state index contributed by atoms with van der Waals surface area (Å²) in [6.07, 6.45) is 4.94. The van der Waals surface area contributed by atoms with E-state index in [1.807, 2.05) is 11.8 Å². The van der Waals surface area contributed by atoms with Crippen molar-refractivity contribution in [3.63, 3.8) is 0 Å². The number of hydrogen-bond donors (Lipinski definition) is 2. The normalized spacial score (nSPS) is 24.7. The number of hydrogen-bond acceptors (Lipinski definition) is 4. The molecule has 1 aromatic heterocycles. The van der Waals surface area contributed by atoms with Crippen LogP contribution in [0.25, 0.3) is 0 Å². The van der Waals surface area contributed by atoms with E-state index in [1.54, 1.807) is 0 Å². The molecule has 2 aliphatic rings. The lowest BCUT2D eigenvalue weighted by atomic mass is 9.97. The highest BCUT2D eigenvalue weighted by Crippen LogP contribution is 2.38. The fourth-order valence-corrected chi connectivity index (χ4v) is 2.83. The number of carbonyl (C=O) groups excluding carboxylic acids is 1. The van der Waals surface area contributed by atoms with Crippen LogP contribution < -0.4 is 5.73 Å². The van der Waals surface area contributed by atoms with Crippen LogP contribution in [0.15, 0.2) is 0 Å². The molecule has 0 aromatic carbocycles. The Labute approximate surface area is 119 Å². The summed E-state index contributed by atoms with van der Waals surface area (Å²) in [4.78, 5) is 18.6. The van der Waals surface area contributed by atoms with Gasteiger partial charge in [-0.15, -0.1) is 0 Å². The standard InChI is InChI=1S/C14H23N5O/c1-9(15)7-12(20)19-6-2-3-11(8-19)14-16-13(17-18-14)10-4-5-10/h9-11H,2-8,15H2,1H3,(H,16,17,18). The zero-order chi connectivity index (χ0) is 14.1. The summed E-state index contributed by atoms with van der Waals surface area (Å²) in [5.41, 5.74) is 5.71. The summed E-state index contributed by atoms with van der Waals surface area (Å²) in [7, 11) is 0. The summed E-state index contributed by atoms with van der Waals surface area (Å²) < 4.78 is 0. The number of rotatable bonds is 4. The van der Waals surface area contributed by atoms with Crippen LogP contribution in [0.5, 0.6) is 0 Å². The quantitative estimate of drug-likeness (QED) is 0.863. The van der Waals surface area contributed by atoms with Crippen LogP contribution in [0, 0.1) is 0 Å². The summed E-state index contributed by atoms with van der Waals surface area (Å²) in [6, 6.07) is -0.0761. The van der Waals surface area contributed by atoms with Crippen LogP contribution in [0.2, 0.25) is 0 Å². The number of aromatic amines is 1. The summed E-state index contributed by atoms with van der Waals surface area (Å²) in [5, 5.41) is 7.41. The largest absolute Gasteiger partial charge is 0.342 e. The molecule has 1 aromatic rings. The van der Waals surface area contributed by atoms with Gasteiger partial charge >= 0.3 is 0 Å². The van der Waals surface area contributed by atoms with Crippen molar-refractivity contribution in [1.82, 2.24) is 20.1 Å². The van der Waals surface area contributed by atoms with Crippen LogP contribution in [0.3, 0.4) is 0 Å². The molecular formula is C14H23N5O. The van der Waals surface area contributed by atoms with E-state index in [-0.39, 0.29) is 17.9 Å². The maximum atomic E-state index is 12.1. The average molecular weight is 277 g/mol. The van der Waals surface area contributed by atoms with Crippen molar-refractivity contribution in [2.45, 2.75) is 56.9 Å². The minimum Gasteiger partial charge on any atom is -0.342 e. The minimum absolute atomic E-state index is 0.0761. The zero-order valence-corrected chi connectivity index (χ0v) is 12.0. The molecule has 2 fully saturated rings. The lowest BCUT2D eigenvalue weighted by molar-refractivity contribution is -0.132. The molecule has 110 valence electrons. The molecule has 20 heavy (non-hydrogen) atoms. The van der Waals surface area contributed by atoms with Crippen molar-refractivity contribution in [3.8, 4) is 0 Å². The molecule has 2 atom stereocenters. The van der Waals surface area contributed by atoms with Crippen molar-refractivity contribution in [2.24, 2.45) is 5.73 Å². The summed E-state index contributed by atoms with van der Waals surface area (Å²) >= 11 is 0. The topological polar surface area (TPSA) is 87.9 Å². The molecule has 1 amide bonds. The SMILES string of the molecule is CC(N)CC(=O)N1CCCC(c2n[nH]c(C3CC3)n2)C1. The van der Waals surface area contributed by atoms with Gasteiger partial charge in [0, 0.05) is 37.4 Å². The van der Waals surface area contributed by atoms with Gasteiger partial charge in [0.2, 0.25) is 5.91 Å². The van der Waals surface area contributed by atoms with E-state index >= 15 is 0 Å². The molecule has 6 heteroatoms. The number of carbonyl (C=O) groups is 1. The predicted molar refractivity (Wildman–Crippen MR) is 75.2 cm³/mol. The van der Waals surface area contributed by atoms with Crippen LogP contribution >= 0.6 is 0 Å². The number of nitrogens with one attached hydrogen (secondary N) is 1. The van der Waals surface area contributed by atoms with Crippen molar-refractivity contribution in [1.29, 1.82) is 0 Å². The Kier molecular flexibility index (Phi) is 3.74. The fourth-order valence-electron chi connectivity index (χ4n) is 2.83. The third kappa shape index (κ3) is 3.00. The van der Waals surface area contributed by atoms with Gasteiger partial charge in [0.25, 0.3) is 0 Å². The Morgan fingerprint density at radius 3 is 2.95 bits per heavy atom. The first-order chi connectivity index (χ1) is 9.63. The second kappa shape index (κ2) is 5.52. The van der Waals surface area contributed by atoms with Crippen LogP contribution in [-0.2, 0) is 4.79 Å². The smallest absolute Gasteiger partial charge is 0.224 e. The van der Waals surface area contributed by atoms with Gasteiger partial charge in [0.1, 0.15) is 5.82 Å². The molecule has 1 saturated heterocycles. The molecule has 1 aliphatic carbocycles. The van der Waals surface area contributed by atoms with Gasteiger partial charge < -0.3 is 10.6 Å². The highest BCUT2D eigenvalue weighted by Gasteiger charge is 2.31. The Morgan fingerprint density at radius 1 is 1.45 bits per heavy atom. The van der Waals surface area contributed by atoms with E-state index in [0.29, 0.717) is 12.3 Å². The Bertz CT molecular complexity index is 480. The second-order valence-electron chi connectivity index (χ2n) is 6.21. The summed E-state index contributed by atoms with van der Waals surface area (Å²) in [5.74, 6) is 2.92. The molecule has 6 nitrogen and oxygen atoms in total. The lowest BCUT2D eigenvalue weighted by Gasteiger charge is -2.32. The van der Waals surface area contributed by atoms with Crippen molar-refractivity contribution < 1.29 is 4.79 Å². The van der Waals surface area contributed by atoms with Gasteiger partial charge in [0.15, 0.2) is 5.82 Å². The molecule has 0 bridgehead atoms. The first-order valence-electron chi connectivity index (χ1n) is 7.59. The van der Waals surface area contributed by atoms with Crippen molar-refractivity contribution >= 4 is 5.91 Å². The van der Waals surface area contributed by atoms with E-state index in [4.69, 9.17) is 5.73 Å². The predicted octanol–water partition coefficient (Wildman–Crippen LogP) is 1.13. The van der Waals surface area contributed by atoms with E-state index in [0.717, 1.165) is 37.6 Å². The second-order valence-corrected chi connectivity index (χ2v) is 6.21. The molecule has 3 rings (SSSR count). The maximum absolute atomic E-state index is 12.1. The Morgan fingerprint density at radius 2 is 2.25 bits per heavy atom. The monoisotopic (exact) mass is 277 g/mol. The third-order valence-electron chi connectivity index (χ3n) is 4.12. The lowest BCUT2D eigenvalue weighted by Crippen LogP contribution is -2.41. The van der Waals surface area contributed by atoms with Gasteiger partial charge in [-0.3, -0.25) is 9.89 Å². The Balaban J connectivity index is 1.63. The van der Waals surface area contributed by atoms with Gasteiger partial charge in [-0.05, 0) is 32.6 Å². The number of amides is 1. The van der Waals surface area contributed by atoms with E-state index in [2.05, 4.69) is 15.2 Å². The zero-order valence-electron chi connectivity index (χ0n) is 12.0. The van der Waals surface area contributed by atoms with Gasteiger partial charge in [-0.25, -0.2) is 4.98 Å². The molecule has 2 unspecified atom stereocenters. The number of nitrogens with zero attached hydrogens (tertiary/aromatic N) is 3. The van der Waals surface area contributed by atoms with E-state index < -0.39 is 0 Å². The van der Waals surface area contributed by atoms with Gasteiger partial charge in [0.05, 0.1) is 0 Å². The van der Waals surface area contributed by atoms with Crippen LogP contribution in [0.1, 0.15) is 62.5 Å². The molecule has 1 saturated carbocycles. The van der Waals surface area contributed by atoms with Crippen LogP contribution in [0.4, 0.5) is 0 Å². The Hall–Kier alpha value is -1.43. The number of H-pyrrole nitrogens is 1. The number of nitrogens with two attached hydrogens (primary N) is 1. The highest BCUT2D eigenvalue weighted by molar-refractivity contribution is 5.76. The van der Waals surface area contributed by atoms with E-state index in [9.17, 15) is 4.79 Å².